The van der Waals surface area contributed by atoms with Crippen molar-refractivity contribution in [2.45, 2.75) is 11.3 Å². The molecule has 1 unspecified atom stereocenters. The van der Waals surface area contributed by atoms with E-state index in [2.05, 4.69) is 5.32 Å². The minimum atomic E-state index is -3.68. The minimum Gasteiger partial charge on any atom is -0.336 e. The van der Waals surface area contributed by atoms with E-state index in [9.17, 15) is 22.4 Å². The SMILES string of the molecule is O=C(C[NH+]1CCCN(S(=O)(=O)c2ccc(F)cc2)CC1)N1CCNC1=O. The molecule has 8 nitrogen and oxygen atoms in total. The second-order valence-electron chi connectivity index (χ2n) is 6.42. The highest BCUT2D eigenvalue weighted by Gasteiger charge is 2.32. The summed E-state index contributed by atoms with van der Waals surface area (Å²) in [5.74, 6) is -0.732. The average molecular weight is 385 g/mol. The van der Waals surface area contributed by atoms with E-state index in [1.165, 1.54) is 21.3 Å². The molecule has 3 amide bonds. The van der Waals surface area contributed by atoms with Gasteiger partial charge in [-0.1, -0.05) is 0 Å². The third kappa shape index (κ3) is 4.02. The summed E-state index contributed by atoms with van der Waals surface area (Å²) in [6.45, 7) is 2.74. The molecule has 0 aromatic heterocycles. The normalized spacial score (nSPS) is 22.1. The molecule has 142 valence electrons. The Morgan fingerprint density at radius 2 is 1.88 bits per heavy atom. The highest BCUT2D eigenvalue weighted by atomic mass is 32.2. The Labute approximate surface area is 151 Å². The van der Waals surface area contributed by atoms with Crippen LogP contribution >= 0.6 is 0 Å². The van der Waals surface area contributed by atoms with Gasteiger partial charge in [-0.25, -0.2) is 17.6 Å². The summed E-state index contributed by atoms with van der Waals surface area (Å²) < 4.78 is 39.8. The number of quaternary nitrogens is 1. The molecule has 2 aliphatic rings. The number of urea groups is 1. The van der Waals surface area contributed by atoms with Gasteiger partial charge in [0.05, 0.1) is 24.5 Å². The molecule has 1 atom stereocenters. The minimum absolute atomic E-state index is 0.0622. The topological polar surface area (TPSA) is 91.2 Å². The lowest BCUT2D eigenvalue weighted by atomic mass is 10.3. The maximum absolute atomic E-state index is 13.0. The first-order chi connectivity index (χ1) is 12.4. The lowest BCUT2D eigenvalue weighted by molar-refractivity contribution is -0.890. The number of sulfonamides is 1. The van der Waals surface area contributed by atoms with Gasteiger partial charge in [0.1, 0.15) is 5.82 Å². The third-order valence-electron chi connectivity index (χ3n) is 4.66. The summed E-state index contributed by atoms with van der Waals surface area (Å²) in [5.41, 5.74) is 0. The Kier molecular flexibility index (Phi) is 5.54. The van der Waals surface area contributed by atoms with Crippen LogP contribution in [0, 0.1) is 5.82 Å². The van der Waals surface area contributed by atoms with Crippen LogP contribution in [-0.4, -0.2) is 75.4 Å². The fourth-order valence-corrected chi connectivity index (χ4v) is 4.70. The maximum Gasteiger partial charge on any atom is 0.324 e. The number of hydrogen-bond acceptors (Lipinski definition) is 4. The first-order valence-corrected chi connectivity index (χ1v) is 9.99. The molecule has 0 bridgehead atoms. The first kappa shape index (κ1) is 18.7. The number of amides is 3. The van der Waals surface area contributed by atoms with Gasteiger partial charge in [-0.2, -0.15) is 4.31 Å². The predicted octanol–water partition coefficient (Wildman–Crippen LogP) is -1.34. The van der Waals surface area contributed by atoms with Crippen molar-refractivity contribution >= 4 is 22.0 Å². The summed E-state index contributed by atoms with van der Waals surface area (Å²) in [6.07, 6.45) is 0.606. The molecule has 2 saturated heterocycles. The van der Waals surface area contributed by atoms with Gasteiger partial charge in [0, 0.05) is 26.1 Å². The van der Waals surface area contributed by atoms with Crippen LogP contribution in [0.25, 0.3) is 0 Å². The predicted molar refractivity (Wildman–Crippen MR) is 90.5 cm³/mol. The molecule has 2 fully saturated rings. The van der Waals surface area contributed by atoms with Gasteiger partial charge in [0.15, 0.2) is 6.54 Å². The maximum atomic E-state index is 13.0. The zero-order valence-corrected chi connectivity index (χ0v) is 15.1. The molecule has 3 rings (SSSR count). The number of carbonyl (C=O) groups excluding carboxylic acids is 2. The molecule has 0 radical (unpaired) electrons. The van der Waals surface area contributed by atoms with Crippen molar-refractivity contribution in [2.75, 3.05) is 45.8 Å². The molecule has 0 spiro atoms. The molecule has 26 heavy (non-hydrogen) atoms. The fraction of sp³-hybridized carbons (Fsp3) is 0.500. The number of carbonyl (C=O) groups is 2. The lowest BCUT2D eigenvalue weighted by Crippen LogP contribution is -3.13. The molecule has 1 aromatic rings. The third-order valence-corrected chi connectivity index (χ3v) is 6.58. The second kappa shape index (κ2) is 7.68. The van der Waals surface area contributed by atoms with E-state index in [-0.39, 0.29) is 29.9 Å². The van der Waals surface area contributed by atoms with Crippen LogP contribution in [0.4, 0.5) is 9.18 Å². The van der Waals surface area contributed by atoms with Crippen molar-refractivity contribution in [1.29, 1.82) is 0 Å². The van der Waals surface area contributed by atoms with Crippen molar-refractivity contribution in [3.05, 3.63) is 30.1 Å². The molecular weight excluding hydrogens is 363 g/mol. The standard InChI is InChI=1S/C16H21FN4O4S/c17-13-2-4-14(5-3-13)26(24,25)20-8-1-7-19(10-11-20)12-15(22)21-9-6-18-16(21)23/h2-5H,1,6-12H2,(H,18,23)/p+1. The largest absolute Gasteiger partial charge is 0.336 e. The van der Waals surface area contributed by atoms with Gasteiger partial charge in [-0.05, 0) is 24.3 Å². The molecule has 0 saturated carbocycles. The van der Waals surface area contributed by atoms with E-state index in [4.69, 9.17) is 0 Å². The number of nitrogens with one attached hydrogen (secondary N) is 2. The van der Waals surface area contributed by atoms with Gasteiger partial charge in [-0.15, -0.1) is 0 Å². The van der Waals surface area contributed by atoms with E-state index in [1.54, 1.807) is 0 Å². The smallest absolute Gasteiger partial charge is 0.324 e. The zero-order chi connectivity index (χ0) is 18.7. The number of imide groups is 1. The molecule has 2 N–H and O–H groups in total. The number of nitrogens with zero attached hydrogens (tertiary/aromatic N) is 2. The summed E-state index contributed by atoms with van der Waals surface area (Å²) in [6, 6.07) is 4.40. The molecule has 10 heteroatoms. The molecule has 1 aromatic carbocycles. The van der Waals surface area contributed by atoms with Crippen LogP contribution < -0.4 is 10.2 Å². The highest BCUT2D eigenvalue weighted by Crippen LogP contribution is 2.16. The monoisotopic (exact) mass is 385 g/mol. The summed E-state index contributed by atoms with van der Waals surface area (Å²) in [7, 11) is -3.68. The fourth-order valence-electron chi connectivity index (χ4n) is 3.22. The highest BCUT2D eigenvalue weighted by molar-refractivity contribution is 7.89. The zero-order valence-electron chi connectivity index (χ0n) is 14.3. The molecule has 0 aliphatic carbocycles. The lowest BCUT2D eigenvalue weighted by Gasteiger charge is -2.21. The van der Waals surface area contributed by atoms with Crippen LogP contribution in [0.3, 0.4) is 0 Å². The van der Waals surface area contributed by atoms with E-state index in [0.717, 1.165) is 17.0 Å². The van der Waals surface area contributed by atoms with E-state index >= 15 is 0 Å². The molecular formula is C16H22FN4O4S+. The molecule has 2 aliphatic heterocycles. The number of rotatable bonds is 4. The van der Waals surface area contributed by atoms with Gasteiger partial charge in [0.2, 0.25) is 10.0 Å². The Hall–Kier alpha value is -2.04. The van der Waals surface area contributed by atoms with Crippen LogP contribution in [0.15, 0.2) is 29.2 Å². The summed E-state index contributed by atoms with van der Waals surface area (Å²) in [4.78, 5) is 26.0. The van der Waals surface area contributed by atoms with Crippen molar-refractivity contribution in [1.82, 2.24) is 14.5 Å². The number of halogens is 1. The average Bonchev–Trinajstić information content (AvgIpc) is 2.89. The molecule has 2 heterocycles. The van der Waals surface area contributed by atoms with Crippen molar-refractivity contribution in [3.8, 4) is 0 Å². The summed E-state index contributed by atoms with van der Waals surface area (Å²) in [5, 5.41) is 2.59. The van der Waals surface area contributed by atoms with Gasteiger partial charge in [-0.3, -0.25) is 9.69 Å². The van der Waals surface area contributed by atoms with Gasteiger partial charge < -0.3 is 10.2 Å². The van der Waals surface area contributed by atoms with Gasteiger partial charge >= 0.3 is 6.03 Å². The van der Waals surface area contributed by atoms with Crippen LogP contribution in [0.1, 0.15) is 6.42 Å². The van der Waals surface area contributed by atoms with E-state index in [1.807, 2.05) is 0 Å². The second-order valence-corrected chi connectivity index (χ2v) is 8.35. The number of hydrogen-bond donors (Lipinski definition) is 2. The van der Waals surface area contributed by atoms with Crippen molar-refractivity contribution < 1.29 is 27.3 Å². The Balaban J connectivity index is 1.61. The van der Waals surface area contributed by atoms with Crippen molar-refractivity contribution in [3.63, 3.8) is 0 Å². The van der Waals surface area contributed by atoms with Crippen LogP contribution in [-0.2, 0) is 14.8 Å². The Morgan fingerprint density at radius 3 is 2.54 bits per heavy atom. The van der Waals surface area contributed by atoms with E-state index in [0.29, 0.717) is 39.1 Å². The van der Waals surface area contributed by atoms with E-state index < -0.39 is 15.8 Å². The summed E-state index contributed by atoms with van der Waals surface area (Å²) >= 11 is 0. The Bertz CT molecular complexity index is 784. The van der Waals surface area contributed by atoms with Crippen molar-refractivity contribution in [2.24, 2.45) is 0 Å². The quantitative estimate of drug-likeness (QED) is 0.671. The Morgan fingerprint density at radius 1 is 1.15 bits per heavy atom. The van der Waals surface area contributed by atoms with Crippen LogP contribution in [0.5, 0.6) is 0 Å². The van der Waals surface area contributed by atoms with Gasteiger partial charge in [0.25, 0.3) is 5.91 Å². The number of benzene rings is 1. The first-order valence-electron chi connectivity index (χ1n) is 8.55. The van der Waals surface area contributed by atoms with Crippen LogP contribution in [0.2, 0.25) is 0 Å².